The summed E-state index contributed by atoms with van der Waals surface area (Å²) in [4.78, 5) is 11.5. The maximum absolute atomic E-state index is 11.6. The second-order valence-electron chi connectivity index (χ2n) is 3.65. The van der Waals surface area contributed by atoms with Crippen molar-refractivity contribution < 1.29 is 18.3 Å². The van der Waals surface area contributed by atoms with Gasteiger partial charge in [0.1, 0.15) is 0 Å². The molecule has 0 spiro atoms. The average molecular weight is 261 g/mol. The highest BCUT2D eigenvalue weighted by Gasteiger charge is 2.38. The van der Waals surface area contributed by atoms with E-state index >= 15 is 0 Å². The number of thiophene rings is 1. The zero-order valence-corrected chi connectivity index (χ0v) is 9.92. The van der Waals surface area contributed by atoms with Gasteiger partial charge in [-0.25, -0.2) is 8.42 Å². The Morgan fingerprint density at radius 2 is 2.25 bits per heavy atom. The third-order valence-corrected chi connectivity index (χ3v) is 5.17. The van der Waals surface area contributed by atoms with Crippen molar-refractivity contribution in [3.63, 3.8) is 0 Å². The van der Waals surface area contributed by atoms with Crippen molar-refractivity contribution >= 4 is 27.3 Å². The van der Waals surface area contributed by atoms with E-state index in [-0.39, 0.29) is 0 Å². The Kier molecular flexibility index (Phi) is 3.00. The molecule has 0 saturated heterocycles. The first-order valence-corrected chi connectivity index (χ1v) is 7.20. The molecule has 1 aliphatic rings. The molecule has 2 N–H and O–H groups in total. The van der Waals surface area contributed by atoms with E-state index in [1.54, 1.807) is 17.5 Å². The lowest BCUT2D eigenvalue weighted by atomic mass is 10.3. The molecule has 1 aromatic rings. The predicted octanol–water partition coefficient (Wildman–Crippen LogP) is 0.956. The second kappa shape index (κ2) is 4.15. The molecule has 1 atom stereocenters. The number of carbonyl (C=O) groups is 1. The van der Waals surface area contributed by atoms with Crippen molar-refractivity contribution in [1.29, 1.82) is 0 Å². The normalized spacial score (nSPS) is 18.2. The minimum absolute atomic E-state index is 0.408. The number of hydrogen-bond donors (Lipinski definition) is 2. The first-order chi connectivity index (χ1) is 7.50. The lowest BCUT2D eigenvalue weighted by Gasteiger charge is -2.12. The largest absolute Gasteiger partial charge is 0.480 e. The van der Waals surface area contributed by atoms with Gasteiger partial charge in [-0.3, -0.25) is 4.79 Å². The summed E-state index contributed by atoms with van der Waals surface area (Å²) in [6, 6.07) is 2.14. The molecule has 0 aromatic carbocycles. The third kappa shape index (κ3) is 2.42. The van der Waals surface area contributed by atoms with Crippen molar-refractivity contribution in [3.8, 4) is 0 Å². The fourth-order valence-corrected chi connectivity index (χ4v) is 3.67. The Morgan fingerprint density at radius 1 is 1.56 bits per heavy atom. The van der Waals surface area contributed by atoms with Crippen LogP contribution in [0.4, 0.5) is 0 Å². The Hall–Kier alpha value is -0.920. The second-order valence-corrected chi connectivity index (χ2v) is 6.62. The summed E-state index contributed by atoms with van der Waals surface area (Å²) in [6.45, 7) is 0. The van der Waals surface area contributed by atoms with Crippen molar-refractivity contribution in [3.05, 3.63) is 22.4 Å². The lowest BCUT2D eigenvalue weighted by Crippen LogP contribution is -2.35. The Labute approximate surface area is 97.2 Å². The SMILES string of the molecule is O=C(O)C(NS(=O)(=O)C1CC1)c1cccs1. The molecular weight excluding hydrogens is 250 g/mol. The molecule has 1 aliphatic carbocycles. The highest BCUT2D eigenvalue weighted by atomic mass is 32.2. The van der Waals surface area contributed by atoms with E-state index in [1.165, 1.54) is 11.3 Å². The van der Waals surface area contributed by atoms with Crippen LogP contribution < -0.4 is 4.72 Å². The number of nitrogens with one attached hydrogen (secondary N) is 1. The summed E-state index contributed by atoms with van der Waals surface area (Å²) in [5.74, 6) is -1.17. The van der Waals surface area contributed by atoms with Gasteiger partial charge in [-0.2, -0.15) is 4.72 Å². The van der Waals surface area contributed by atoms with Gasteiger partial charge in [0, 0.05) is 4.88 Å². The summed E-state index contributed by atoms with van der Waals surface area (Å²) in [7, 11) is -3.48. The standard InChI is InChI=1S/C9H11NO4S2/c11-9(12)8(7-2-1-5-15-7)10-16(13,14)6-3-4-6/h1-2,5-6,8,10H,3-4H2,(H,11,12). The van der Waals surface area contributed by atoms with Gasteiger partial charge in [0.2, 0.25) is 10.0 Å². The molecule has 1 aromatic heterocycles. The first kappa shape index (κ1) is 11.6. The molecule has 1 fully saturated rings. The Morgan fingerprint density at radius 3 is 2.69 bits per heavy atom. The topological polar surface area (TPSA) is 83.5 Å². The monoisotopic (exact) mass is 261 g/mol. The zero-order chi connectivity index (χ0) is 11.8. The van der Waals surface area contributed by atoms with Gasteiger partial charge in [-0.15, -0.1) is 11.3 Å². The molecule has 7 heteroatoms. The van der Waals surface area contributed by atoms with Crippen LogP contribution in [-0.4, -0.2) is 24.7 Å². The minimum atomic E-state index is -3.48. The molecule has 1 saturated carbocycles. The smallest absolute Gasteiger partial charge is 0.327 e. The molecule has 2 rings (SSSR count). The molecular formula is C9H11NO4S2. The van der Waals surface area contributed by atoms with Crippen molar-refractivity contribution in [1.82, 2.24) is 4.72 Å². The molecule has 5 nitrogen and oxygen atoms in total. The predicted molar refractivity (Wildman–Crippen MR) is 59.8 cm³/mol. The fourth-order valence-electron chi connectivity index (χ4n) is 1.32. The van der Waals surface area contributed by atoms with E-state index in [9.17, 15) is 13.2 Å². The maximum Gasteiger partial charge on any atom is 0.327 e. The Balaban J connectivity index is 2.18. The van der Waals surface area contributed by atoms with Crippen LogP contribution in [0.15, 0.2) is 17.5 Å². The van der Waals surface area contributed by atoms with Gasteiger partial charge in [0.05, 0.1) is 5.25 Å². The molecule has 16 heavy (non-hydrogen) atoms. The van der Waals surface area contributed by atoms with Crippen molar-refractivity contribution in [2.45, 2.75) is 24.1 Å². The summed E-state index contributed by atoms with van der Waals surface area (Å²) in [5, 5.41) is 10.3. The van der Waals surface area contributed by atoms with Crippen LogP contribution in [-0.2, 0) is 14.8 Å². The van der Waals surface area contributed by atoms with Crippen molar-refractivity contribution in [2.75, 3.05) is 0 Å². The maximum atomic E-state index is 11.6. The van der Waals surface area contributed by atoms with Gasteiger partial charge in [0.25, 0.3) is 0 Å². The summed E-state index contributed by atoms with van der Waals surface area (Å²) in [6.07, 6.45) is 1.23. The van der Waals surface area contributed by atoms with E-state index in [0.29, 0.717) is 17.7 Å². The number of rotatable bonds is 5. The number of sulfonamides is 1. The minimum Gasteiger partial charge on any atom is -0.480 e. The number of carboxylic acids is 1. The van der Waals surface area contributed by atoms with Crippen LogP contribution in [0.3, 0.4) is 0 Å². The summed E-state index contributed by atoms with van der Waals surface area (Å²) < 4.78 is 25.5. The highest BCUT2D eigenvalue weighted by Crippen LogP contribution is 2.30. The van der Waals surface area contributed by atoms with Crippen LogP contribution in [0, 0.1) is 0 Å². The molecule has 0 bridgehead atoms. The van der Waals surface area contributed by atoms with Crippen LogP contribution in [0.2, 0.25) is 0 Å². The van der Waals surface area contributed by atoms with Crippen LogP contribution in [0.25, 0.3) is 0 Å². The highest BCUT2D eigenvalue weighted by molar-refractivity contribution is 7.90. The van der Waals surface area contributed by atoms with E-state index in [0.717, 1.165) is 0 Å². The molecule has 0 amide bonds. The van der Waals surface area contributed by atoms with Crippen LogP contribution in [0.1, 0.15) is 23.8 Å². The van der Waals surface area contributed by atoms with E-state index < -0.39 is 27.3 Å². The molecule has 1 heterocycles. The van der Waals surface area contributed by atoms with Crippen molar-refractivity contribution in [2.24, 2.45) is 0 Å². The fraction of sp³-hybridized carbons (Fsp3) is 0.444. The lowest BCUT2D eigenvalue weighted by molar-refractivity contribution is -0.139. The summed E-state index contributed by atoms with van der Waals surface area (Å²) >= 11 is 1.22. The zero-order valence-electron chi connectivity index (χ0n) is 8.29. The first-order valence-electron chi connectivity index (χ1n) is 4.78. The molecule has 88 valence electrons. The van der Waals surface area contributed by atoms with Gasteiger partial charge in [-0.05, 0) is 24.3 Å². The molecule has 0 radical (unpaired) electrons. The summed E-state index contributed by atoms with van der Waals surface area (Å²) in [5.41, 5.74) is 0. The quantitative estimate of drug-likeness (QED) is 0.826. The van der Waals surface area contributed by atoms with E-state index in [2.05, 4.69) is 4.72 Å². The van der Waals surface area contributed by atoms with Gasteiger partial charge in [0.15, 0.2) is 6.04 Å². The van der Waals surface area contributed by atoms with E-state index in [1.807, 2.05) is 0 Å². The third-order valence-electron chi connectivity index (χ3n) is 2.32. The van der Waals surface area contributed by atoms with Crippen LogP contribution in [0.5, 0.6) is 0 Å². The number of hydrogen-bond acceptors (Lipinski definition) is 4. The van der Waals surface area contributed by atoms with E-state index in [4.69, 9.17) is 5.11 Å². The average Bonchev–Trinajstić information content (AvgIpc) is 2.93. The van der Waals surface area contributed by atoms with Gasteiger partial charge < -0.3 is 5.11 Å². The Bertz CT molecular complexity index is 476. The molecule has 1 unspecified atom stereocenters. The molecule has 0 aliphatic heterocycles. The van der Waals surface area contributed by atoms with Crippen LogP contribution >= 0.6 is 11.3 Å². The van der Waals surface area contributed by atoms with Gasteiger partial charge >= 0.3 is 5.97 Å². The van der Waals surface area contributed by atoms with Gasteiger partial charge in [-0.1, -0.05) is 6.07 Å². The number of carboxylic acid groups (broad SMARTS) is 1. The number of aliphatic carboxylic acids is 1.